The normalized spacial score (nSPS) is 11.2. The molecular formula is C20H25NO2. The van der Waals surface area contributed by atoms with Crippen molar-refractivity contribution in [3.05, 3.63) is 53.1 Å². The number of rotatable bonds is 6. The maximum absolute atomic E-state index is 5.77. The lowest BCUT2D eigenvalue weighted by atomic mass is 10.1. The summed E-state index contributed by atoms with van der Waals surface area (Å²) in [6.45, 7) is 9.06. The van der Waals surface area contributed by atoms with Crippen molar-refractivity contribution in [2.75, 3.05) is 13.7 Å². The van der Waals surface area contributed by atoms with E-state index in [1.54, 1.807) is 7.11 Å². The van der Waals surface area contributed by atoms with Crippen molar-refractivity contribution >= 4 is 11.9 Å². The summed E-state index contributed by atoms with van der Waals surface area (Å²) in [4.78, 5) is 4.59. The Labute approximate surface area is 139 Å². The molecule has 0 atom stereocenters. The van der Waals surface area contributed by atoms with E-state index in [-0.39, 0.29) is 0 Å². The molecule has 3 nitrogen and oxygen atoms in total. The molecule has 0 saturated heterocycles. The monoisotopic (exact) mass is 311 g/mol. The van der Waals surface area contributed by atoms with Gasteiger partial charge in [-0.1, -0.05) is 26.0 Å². The summed E-state index contributed by atoms with van der Waals surface area (Å²) >= 11 is 0. The molecule has 0 heterocycles. The molecule has 0 N–H and O–H groups in total. The van der Waals surface area contributed by atoms with Gasteiger partial charge in [-0.2, -0.15) is 0 Å². The predicted octanol–water partition coefficient (Wildman–Crippen LogP) is 5.10. The average molecular weight is 311 g/mol. The number of nitrogens with zero attached hydrogens (tertiary/aromatic N) is 1. The minimum absolute atomic E-state index is 0.477. The fourth-order valence-corrected chi connectivity index (χ4v) is 2.14. The summed E-state index contributed by atoms with van der Waals surface area (Å²) in [6.07, 6.45) is 1.86. The highest BCUT2D eigenvalue weighted by Gasteiger charge is 2.06. The Balaban J connectivity index is 2.20. The van der Waals surface area contributed by atoms with Gasteiger partial charge in [-0.3, -0.25) is 4.99 Å². The van der Waals surface area contributed by atoms with E-state index in [1.165, 1.54) is 5.56 Å². The molecule has 0 bridgehead atoms. The van der Waals surface area contributed by atoms with Gasteiger partial charge in [0.15, 0.2) is 11.5 Å². The first-order valence-corrected chi connectivity index (χ1v) is 7.91. The molecule has 0 fully saturated rings. The molecule has 2 aromatic rings. The van der Waals surface area contributed by atoms with Gasteiger partial charge in [0.25, 0.3) is 0 Å². The third-order valence-electron chi connectivity index (χ3n) is 3.48. The summed E-state index contributed by atoms with van der Waals surface area (Å²) in [6, 6.07) is 12.1. The van der Waals surface area contributed by atoms with Crippen LogP contribution in [0.15, 0.2) is 41.4 Å². The van der Waals surface area contributed by atoms with Gasteiger partial charge in [-0.15, -0.1) is 0 Å². The van der Waals surface area contributed by atoms with Gasteiger partial charge in [-0.05, 0) is 60.7 Å². The Morgan fingerprint density at radius 2 is 1.83 bits per heavy atom. The molecular weight excluding hydrogens is 286 g/mol. The Morgan fingerprint density at radius 1 is 1.04 bits per heavy atom. The molecule has 0 aliphatic heterocycles. The highest BCUT2D eigenvalue weighted by Crippen LogP contribution is 2.28. The largest absolute Gasteiger partial charge is 0.493 e. The van der Waals surface area contributed by atoms with Crippen LogP contribution >= 0.6 is 0 Å². The highest BCUT2D eigenvalue weighted by molar-refractivity contribution is 5.83. The lowest BCUT2D eigenvalue weighted by Crippen LogP contribution is -2.05. The van der Waals surface area contributed by atoms with E-state index in [2.05, 4.69) is 50.9 Å². The van der Waals surface area contributed by atoms with E-state index in [9.17, 15) is 0 Å². The lowest BCUT2D eigenvalue weighted by Gasteiger charge is -2.12. The minimum atomic E-state index is 0.477. The topological polar surface area (TPSA) is 30.8 Å². The van der Waals surface area contributed by atoms with Gasteiger partial charge < -0.3 is 9.47 Å². The number of methoxy groups -OCH3 is 1. The van der Waals surface area contributed by atoms with E-state index in [4.69, 9.17) is 9.47 Å². The second-order valence-corrected chi connectivity index (χ2v) is 6.16. The summed E-state index contributed by atoms with van der Waals surface area (Å²) < 4.78 is 11.2. The van der Waals surface area contributed by atoms with E-state index in [0.29, 0.717) is 12.5 Å². The molecule has 122 valence electrons. The van der Waals surface area contributed by atoms with Crippen molar-refractivity contribution in [1.82, 2.24) is 0 Å². The molecule has 0 aromatic heterocycles. The number of benzene rings is 2. The number of hydrogen-bond donors (Lipinski definition) is 0. The maximum Gasteiger partial charge on any atom is 0.161 e. The van der Waals surface area contributed by atoms with Crippen LogP contribution in [0.3, 0.4) is 0 Å². The van der Waals surface area contributed by atoms with Crippen molar-refractivity contribution in [2.45, 2.75) is 27.7 Å². The molecule has 0 spiro atoms. The van der Waals surface area contributed by atoms with Crippen LogP contribution in [0.25, 0.3) is 0 Å². The average Bonchev–Trinajstić information content (AvgIpc) is 2.54. The molecule has 23 heavy (non-hydrogen) atoms. The summed E-state index contributed by atoms with van der Waals surface area (Å²) in [5, 5.41) is 0. The fourth-order valence-electron chi connectivity index (χ4n) is 2.14. The van der Waals surface area contributed by atoms with E-state index in [1.807, 2.05) is 24.4 Å². The van der Waals surface area contributed by atoms with Gasteiger partial charge in [0.05, 0.1) is 19.4 Å². The molecule has 0 aliphatic carbocycles. The van der Waals surface area contributed by atoms with Crippen molar-refractivity contribution in [3.63, 3.8) is 0 Å². The van der Waals surface area contributed by atoms with Gasteiger partial charge in [-0.25, -0.2) is 0 Å². The molecule has 0 aliphatic rings. The molecule has 0 unspecified atom stereocenters. The van der Waals surface area contributed by atoms with Crippen LogP contribution in [0.5, 0.6) is 11.5 Å². The first-order chi connectivity index (χ1) is 11.0. The van der Waals surface area contributed by atoms with Gasteiger partial charge in [0.2, 0.25) is 0 Å². The van der Waals surface area contributed by atoms with Crippen LogP contribution in [-0.4, -0.2) is 19.9 Å². The second-order valence-electron chi connectivity index (χ2n) is 6.16. The standard InChI is InChI=1S/C20H25NO2/c1-14(2)13-23-19-9-8-17(11-20(19)22-5)12-21-18-10-15(3)6-7-16(18)4/h6-12,14H,13H2,1-5H3. The minimum Gasteiger partial charge on any atom is -0.493 e. The van der Waals surface area contributed by atoms with E-state index in [0.717, 1.165) is 28.3 Å². The lowest BCUT2D eigenvalue weighted by molar-refractivity contribution is 0.257. The molecule has 0 saturated carbocycles. The Hall–Kier alpha value is -2.29. The number of aryl methyl sites for hydroxylation is 2. The van der Waals surface area contributed by atoms with Crippen LogP contribution < -0.4 is 9.47 Å². The zero-order valence-corrected chi connectivity index (χ0v) is 14.6. The number of ether oxygens (including phenoxy) is 2. The molecule has 2 aromatic carbocycles. The van der Waals surface area contributed by atoms with E-state index >= 15 is 0 Å². The second kappa shape index (κ2) is 7.82. The van der Waals surface area contributed by atoms with Crippen molar-refractivity contribution < 1.29 is 9.47 Å². The third kappa shape index (κ3) is 4.85. The van der Waals surface area contributed by atoms with Gasteiger partial charge in [0.1, 0.15) is 0 Å². The van der Waals surface area contributed by atoms with Crippen molar-refractivity contribution in [3.8, 4) is 11.5 Å². The number of hydrogen-bond acceptors (Lipinski definition) is 3. The summed E-state index contributed by atoms with van der Waals surface area (Å²) in [7, 11) is 1.66. The molecule has 0 amide bonds. The predicted molar refractivity (Wildman–Crippen MR) is 96.5 cm³/mol. The van der Waals surface area contributed by atoms with Crippen LogP contribution in [0.2, 0.25) is 0 Å². The first kappa shape index (κ1) is 17.1. The van der Waals surface area contributed by atoms with Crippen LogP contribution in [0.4, 0.5) is 5.69 Å². The zero-order valence-electron chi connectivity index (χ0n) is 14.6. The quantitative estimate of drug-likeness (QED) is 0.695. The molecule has 3 heteroatoms. The van der Waals surface area contributed by atoms with Gasteiger partial charge >= 0.3 is 0 Å². The molecule has 2 rings (SSSR count). The van der Waals surface area contributed by atoms with Crippen molar-refractivity contribution in [1.29, 1.82) is 0 Å². The third-order valence-corrected chi connectivity index (χ3v) is 3.48. The highest BCUT2D eigenvalue weighted by atomic mass is 16.5. The smallest absolute Gasteiger partial charge is 0.161 e. The Bertz CT molecular complexity index is 690. The maximum atomic E-state index is 5.77. The van der Waals surface area contributed by atoms with Crippen LogP contribution in [-0.2, 0) is 0 Å². The van der Waals surface area contributed by atoms with Gasteiger partial charge in [0, 0.05) is 6.21 Å². The van der Waals surface area contributed by atoms with Crippen molar-refractivity contribution in [2.24, 2.45) is 10.9 Å². The first-order valence-electron chi connectivity index (χ1n) is 7.91. The van der Waals surface area contributed by atoms with Crippen LogP contribution in [0.1, 0.15) is 30.5 Å². The van der Waals surface area contributed by atoms with E-state index < -0.39 is 0 Å². The summed E-state index contributed by atoms with van der Waals surface area (Å²) in [5.41, 5.74) is 4.34. The molecule has 0 radical (unpaired) electrons. The number of aliphatic imine (C=N–C) groups is 1. The van der Waals surface area contributed by atoms with Crippen LogP contribution in [0, 0.1) is 19.8 Å². The zero-order chi connectivity index (χ0) is 16.8. The SMILES string of the molecule is COc1cc(C=Nc2cc(C)ccc2C)ccc1OCC(C)C. The fraction of sp³-hybridized carbons (Fsp3) is 0.350. The Morgan fingerprint density at radius 3 is 2.52 bits per heavy atom. The summed E-state index contributed by atoms with van der Waals surface area (Å²) in [5.74, 6) is 1.98. The Kier molecular flexibility index (Phi) is 5.80.